The summed E-state index contributed by atoms with van der Waals surface area (Å²) < 4.78 is 6.76. The lowest BCUT2D eigenvalue weighted by Gasteiger charge is -2.15. The van der Waals surface area contributed by atoms with Gasteiger partial charge < -0.3 is 10.1 Å². The maximum absolute atomic E-state index is 11.9. The first kappa shape index (κ1) is 17.4. The Morgan fingerprint density at radius 3 is 2.52 bits per heavy atom. The predicted octanol–water partition coefficient (Wildman–Crippen LogP) is 4.65. The molecule has 0 spiro atoms. The van der Waals surface area contributed by atoms with E-state index in [9.17, 15) is 4.79 Å². The Kier molecular flexibility index (Phi) is 5.66. The molecule has 25 heavy (non-hydrogen) atoms. The summed E-state index contributed by atoms with van der Waals surface area (Å²) >= 11 is 1.67. The molecule has 4 nitrogen and oxygen atoms in total. The first-order valence-corrected chi connectivity index (χ1v) is 9.39. The van der Waals surface area contributed by atoms with Gasteiger partial charge in [0.05, 0.1) is 10.2 Å². The van der Waals surface area contributed by atoms with E-state index < -0.39 is 0 Å². The number of aromatic nitrogens is 1. The van der Waals surface area contributed by atoms with E-state index in [-0.39, 0.29) is 18.6 Å². The van der Waals surface area contributed by atoms with E-state index in [1.54, 1.807) is 11.3 Å². The van der Waals surface area contributed by atoms with E-state index in [1.807, 2.05) is 42.5 Å². The van der Waals surface area contributed by atoms with Crippen molar-refractivity contribution in [1.82, 2.24) is 10.3 Å². The molecule has 130 valence electrons. The first-order valence-electron chi connectivity index (χ1n) is 8.57. The van der Waals surface area contributed by atoms with Crippen LogP contribution in [0.1, 0.15) is 26.7 Å². The minimum absolute atomic E-state index is 0.0387. The van der Waals surface area contributed by atoms with Gasteiger partial charge in [0, 0.05) is 11.6 Å². The molecule has 0 saturated heterocycles. The van der Waals surface area contributed by atoms with Gasteiger partial charge in [-0.3, -0.25) is 4.79 Å². The van der Waals surface area contributed by atoms with Crippen LogP contribution in [0.3, 0.4) is 0 Å². The Hall–Kier alpha value is -2.40. The van der Waals surface area contributed by atoms with Crippen LogP contribution in [-0.2, 0) is 4.79 Å². The van der Waals surface area contributed by atoms with Crippen LogP contribution in [0.4, 0.5) is 0 Å². The highest BCUT2D eigenvalue weighted by molar-refractivity contribution is 7.21. The largest absolute Gasteiger partial charge is 0.484 e. The number of carbonyl (C=O) groups is 1. The molecule has 1 amide bonds. The molecule has 0 unspecified atom stereocenters. The fourth-order valence-corrected chi connectivity index (χ4v) is 3.57. The maximum Gasteiger partial charge on any atom is 0.258 e. The Labute approximate surface area is 151 Å². The van der Waals surface area contributed by atoms with Gasteiger partial charge in [0.1, 0.15) is 10.8 Å². The van der Waals surface area contributed by atoms with E-state index >= 15 is 0 Å². The monoisotopic (exact) mass is 354 g/mol. The third-order valence-corrected chi connectivity index (χ3v) is 5.20. The molecule has 0 aliphatic rings. The van der Waals surface area contributed by atoms with Gasteiger partial charge in [-0.15, -0.1) is 11.3 Å². The number of hydrogen-bond donors (Lipinski definition) is 1. The minimum atomic E-state index is -0.0797. The number of fused-ring (bicyclic) bond motifs is 1. The van der Waals surface area contributed by atoms with Gasteiger partial charge in [-0.1, -0.05) is 26.0 Å². The van der Waals surface area contributed by atoms with Crippen LogP contribution in [0.5, 0.6) is 5.75 Å². The zero-order valence-corrected chi connectivity index (χ0v) is 15.3. The van der Waals surface area contributed by atoms with E-state index in [0.717, 1.165) is 28.9 Å². The molecule has 2 aromatic carbocycles. The van der Waals surface area contributed by atoms with Crippen LogP contribution >= 0.6 is 11.3 Å². The van der Waals surface area contributed by atoms with E-state index in [2.05, 4.69) is 30.2 Å². The lowest BCUT2D eigenvalue weighted by molar-refractivity contribution is -0.123. The highest BCUT2D eigenvalue weighted by Gasteiger charge is 2.09. The van der Waals surface area contributed by atoms with Crippen LogP contribution in [0.2, 0.25) is 0 Å². The van der Waals surface area contributed by atoms with Gasteiger partial charge in [0.15, 0.2) is 6.61 Å². The Morgan fingerprint density at radius 1 is 1.12 bits per heavy atom. The number of para-hydroxylation sites is 1. The molecule has 1 heterocycles. The molecule has 0 aliphatic heterocycles. The van der Waals surface area contributed by atoms with Crippen molar-refractivity contribution in [3.63, 3.8) is 0 Å². The highest BCUT2D eigenvalue weighted by atomic mass is 32.1. The van der Waals surface area contributed by atoms with Crippen LogP contribution < -0.4 is 10.1 Å². The summed E-state index contributed by atoms with van der Waals surface area (Å²) in [6.45, 7) is 4.17. The number of carbonyl (C=O) groups excluding carboxylic acids is 1. The van der Waals surface area contributed by atoms with Crippen molar-refractivity contribution in [1.29, 1.82) is 0 Å². The minimum Gasteiger partial charge on any atom is -0.484 e. The molecule has 0 radical (unpaired) electrons. The Morgan fingerprint density at radius 2 is 1.84 bits per heavy atom. The van der Waals surface area contributed by atoms with Crippen molar-refractivity contribution in [3.05, 3.63) is 48.5 Å². The zero-order chi connectivity index (χ0) is 17.6. The summed E-state index contributed by atoms with van der Waals surface area (Å²) in [5, 5.41) is 3.95. The van der Waals surface area contributed by atoms with Gasteiger partial charge in [0.25, 0.3) is 5.91 Å². The van der Waals surface area contributed by atoms with Gasteiger partial charge in [0.2, 0.25) is 0 Å². The highest BCUT2D eigenvalue weighted by Crippen LogP contribution is 2.30. The van der Waals surface area contributed by atoms with Gasteiger partial charge >= 0.3 is 0 Å². The lowest BCUT2D eigenvalue weighted by atomic mass is 10.2. The average Bonchev–Trinajstić information content (AvgIpc) is 3.09. The fraction of sp³-hybridized carbons (Fsp3) is 0.300. The molecule has 1 N–H and O–H groups in total. The summed E-state index contributed by atoms with van der Waals surface area (Å²) in [4.78, 5) is 16.5. The van der Waals surface area contributed by atoms with Gasteiger partial charge in [-0.05, 0) is 49.2 Å². The van der Waals surface area contributed by atoms with Crippen molar-refractivity contribution in [2.45, 2.75) is 32.7 Å². The van der Waals surface area contributed by atoms with Crippen molar-refractivity contribution < 1.29 is 9.53 Å². The van der Waals surface area contributed by atoms with Crippen LogP contribution in [-0.4, -0.2) is 23.5 Å². The third-order valence-electron chi connectivity index (χ3n) is 4.12. The normalized spacial score (nSPS) is 11.0. The molecule has 0 bridgehead atoms. The third kappa shape index (κ3) is 4.37. The topological polar surface area (TPSA) is 51.2 Å². The van der Waals surface area contributed by atoms with E-state index in [1.165, 1.54) is 4.70 Å². The predicted molar refractivity (Wildman–Crippen MR) is 103 cm³/mol. The quantitative estimate of drug-likeness (QED) is 0.672. The molecule has 0 fully saturated rings. The SMILES string of the molecule is CCC(CC)NC(=O)COc1ccc(-c2nc3ccccc3s2)cc1. The van der Waals surface area contributed by atoms with Gasteiger partial charge in [-0.25, -0.2) is 4.98 Å². The second kappa shape index (κ2) is 8.12. The zero-order valence-electron chi connectivity index (χ0n) is 14.5. The molecule has 5 heteroatoms. The number of rotatable bonds is 7. The van der Waals surface area contributed by atoms with Crippen LogP contribution in [0.25, 0.3) is 20.8 Å². The summed E-state index contributed by atoms with van der Waals surface area (Å²) in [5.41, 5.74) is 2.07. The fourth-order valence-electron chi connectivity index (χ4n) is 2.60. The summed E-state index contributed by atoms with van der Waals surface area (Å²) in [6.07, 6.45) is 1.86. The summed E-state index contributed by atoms with van der Waals surface area (Å²) in [6, 6.07) is 16.0. The number of hydrogen-bond acceptors (Lipinski definition) is 4. The van der Waals surface area contributed by atoms with Crippen molar-refractivity contribution in [2.75, 3.05) is 6.61 Å². The van der Waals surface area contributed by atoms with Crippen molar-refractivity contribution >= 4 is 27.5 Å². The molecule has 3 rings (SSSR count). The maximum atomic E-state index is 11.9. The second-order valence-corrected chi connectivity index (χ2v) is 6.91. The number of nitrogens with one attached hydrogen (secondary N) is 1. The number of benzene rings is 2. The lowest BCUT2D eigenvalue weighted by Crippen LogP contribution is -2.37. The smallest absolute Gasteiger partial charge is 0.258 e. The van der Waals surface area contributed by atoms with Gasteiger partial charge in [-0.2, -0.15) is 0 Å². The Bertz CT molecular complexity index is 805. The first-order chi connectivity index (χ1) is 12.2. The molecular weight excluding hydrogens is 332 g/mol. The summed E-state index contributed by atoms with van der Waals surface area (Å²) in [7, 11) is 0. The number of nitrogens with zero attached hydrogens (tertiary/aromatic N) is 1. The summed E-state index contributed by atoms with van der Waals surface area (Å²) in [5.74, 6) is 0.605. The number of thiazole rings is 1. The molecule has 0 saturated carbocycles. The molecule has 0 aliphatic carbocycles. The average molecular weight is 354 g/mol. The number of amides is 1. The molecule has 0 atom stereocenters. The standard InChI is InChI=1S/C20H22N2O2S/c1-3-15(4-2)21-19(23)13-24-16-11-9-14(10-12-16)20-22-17-7-5-6-8-18(17)25-20/h5-12,15H,3-4,13H2,1-2H3,(H,21,23). The Balaban J connectivity index is 1.61. The molecular formula is C20H22N2O2S. The van der Waals surface area contributed by atoms with Crippen molar-refractivity contribution in [3.8, 4) is 16.3 Å². The van der Waals surface area contributed by atoms with E-state index in [4.69, 9.17) is 4.74 Å². The van der Waals surface area contributed by atoms with Crippen molar-refractivity contribution in [2.24, 2.45) is 0 Å². The van der Waals surface area contributed by atoms with Crippen LogP contribution in [0, 0.1) is 0 Å². The van der Waals surface area contributed by atoms with E-state index in [0.29, 0.717) is 5.75 Å². The van der Waals surface area contributed by atoms with Crippen LogP contribution in [0.15, 0.2) is 48.5 Å². The molecule has 1 aromatic heterocycles. The molecule has 3 aromatic rings. The second-order valence-electron chi connectivity index (χ2n) is 5.88. The number of ether oxygens (including phenoxy) is 1.